The van der Waals surface area contributed by atoms with E-state index in [0.717, 1.165) is 6.42 Å². The quantitative estimate of drug-likeness (QED) is 0.776. The van der Waals surface area contributed by atoms with E-state index in [1.54, 1.807) is 0 Å². The number of benzene rings is 1. The Morgan fingerprint density at radius 1 is 1.29 bits per heavy atom. The summed E-state index contributed by atoms with van der Waals surface area (Å²) in [6.07, 6.45) is 0.949. The van der Waals surface area contributed by atoms with Gasteiger partial charge in [0.1, 0.15) is 0 Å². The molecular weight excluding hydrogens is 234 g/mol. The zero-order chi connectivity index (χ0) is 12.7. The van der Waals surface area contributed by atoms with Crippen molar-refractivity contribution in [3.8, 4) is 0 Å². The van der Waals surface area contributed by atoms with Gasteiger partial charge in [-0.3, -0.25) is 4.79 Å². The number of amides is 1. The third-order valence-corrected chi connectivity index (χ3v) is 3.39. The summed E-state index contributed by atoms with van der Waals surface area (Å²) in [5.74, 6) is 0.770. The van der Waals surface area contributed by atoms with Gasteiger partial charge in [-0.2, -0.15) is 0 Å². The predicted octanol–water partition coefficient (Wildman–Crippen LogP) is 3.17. The molecule has 0 saturated heterocycles. The van der Waals surface area contributed by atoms with Gasteiger partial charge in [-0.15, -0.1) is 11.6 Å². The predicted molar refractivity (Wildman–Crippen MR) is 72.4 cm³/mol. The van der Waals surface area contributed by atoms with E-state index < -0.39 is 0 Å². The van der Waals surface area contributed by atoms with Crippen molar-refractivity contribution in [3.63, 3.8) is 0 Å². The monoisotopic (exact) mass is 253 g/mol. The molecule has 0 fully saturated rings. The van der Waals surface area contributed by atoms with Crippen molar-refractivity contribution < 1.29 is 4.79 Å². The maximum Gasteiger partial charge on any atom is 0.224 e. The third kappa shape index (κ3) is 4.78. The molecule has 1 amide bonds. The number of alkyl halides is 1. The molecule has 1 rings (SSSR count). The van der Waals surface area contributed by atoms with Crippen LogP contribution in [-0.4, -0.2) is 18.3 Å². The first kappa shape index (κ1) is 14.0. The minimum absolute atomic E-state index is 0.0419. The highest BCUT2D eigenvalue weighted by Gasteiger charge is 2.11. The van der Waals surface area contributed by atoms with Crippen LogP contribution in [0.2, 0.25) is 0 Å². The maximum atomic E-state index is 11.5. The molecular formula is C14H20ClNO. The average molecular weight is 254 g/mol. The second-order valence-electron chi connectivity index (χ2n) is 4.45. The van der Waals surface area contributed by atoms with E-state index in [9.17, 15) is 4.79 Å². The minimum Gasteiger partial charge on any atom is -0.356 e. The first-order valence-electron chi connectivity index (χ1n) is 6.03. The van der Waals surface area contributed by atoms with Gasteiger partial charge in [0, 0.05) is 18.3 Å². The number of carbonyl (C=O) groups excluding carboxylic acids is 1. The van der Waals surface area contributed by atoms with E-state index in [-0.39, 0.29) is 11.8 Å². The molecule has 0 radical (unpaired) electrons. The van der Waals surface area contributed by atoms with Crippen LogP contribution in [-0.2, 0) is 4.79 Å². The fourth-order valence-corrected chi connectivity index (χ4v) is 1.74. The van der Waals surface area contributed by atoms with Gasteiger partial charge in [-0.25, -0.2) is 0 Å². The Balaban J connectivity index is 2.30. The normalized spacial score (nSPS) is 14.1. The molecule has 1 aromatic rings. The lowest BCUT2D eigenvalue weighted by Crippen LogP contribution is -2.31. The second-order valence-corrected chi connectivity index (χ2v) is 4.76. The van der Waals surface area contributed by atoms with Gasteiger partial charge in [-0.1, -0.05) is 44.2 Å². The van der Waals surface area contributed by atoms with E-state index in [1.807, 2.05) is 25.1 Å². The Morgan fingerprint density at radius 2 is 1.94 bits per heavy atom. The van der Waals surface area contributed by atoms with Gasteiger partial charge in [0.05, 0.1) is 0 Å². The van der Waals surface area contributed by atoms with Gasteiger partial charge >= 0.3 is 0 Å². The summed E-state index contributed by atoms with van der Waals surface area (Å²) in [5, 5.41) is 2.91. The van der Waals surface area contributed by atoms with E-state index >= 15 is 0 Å². The minimum atomic E-state index is -0.108. The summed E-state index contributed by atoms with van der Waals surface area (Å²) >= 11 is 5.62. The van der Waals surface area contributed by atoms with Gasteiger partial charge < -0.3 is 5.32 Å². The van der Waals surface area contributed by atoms with Crippen molar-refractivity contribution in [3.05, 3.63) is 35.9 Å². The van der Waals surface area contributed by atoms with E-state index in [1.165, 1.54) is 5.56 Å². The summed E-state index contributed by atoms with van der Waals surface area (Å²) < 4.78 is 0. The molecule has 0 aliphatic carbocycles. The standard InChI is InChI=1S/C14H20ClNO/c1-11(13-6-4-3-5-7-13)8-9-16-14(17)12(2)10-15/h3-7,11-12H,8-10H2,1-2H3,(H,16,17). The van der Waals surface area contributed by atoms with E-state index in [4.69, 9.17) is 11.6 Å². The number of halogens is 1. The fraction of sp³-hybridized carbons (Fsp3) is 0.500. The highest BCUT2D eigenvalue weighted by Crippen LogP contribution is 2.17. The van der Waals surface area contributed by atoms with Crippen molar-refractivity contribution in [1.29, 1.82) is 0 Å². The Labute approximate surface area is 108 Å². The highest BCUT2D eigenvalue weighted by atomic mass is 35.5. The maximum absolute atomic E-state index is 11.5. The van der Waals surface area contributed by atoms with Crippen LogP contribution in [0.3, 0.4) is 0 Å². The molecule has 1 aromatic carbocycles. The Kier molecular flexibility index (Phi) is 6.06. The zero-order valence-electron chi connectivity index (χ0n) is 10.4. The van der Waals surface area contributed by atoms with Crippen LogP contribution < -0.4 is 5.32 Å². The van der Waals surface area contributed by atoms with Gasteiger partial charge in [0.25, 0.3) is 0 Å². The molecule has 0 saturated carbocycles. The summed E-state index contributed by atoms with van der Waals surface area (Å²) in [6, 6.07) is 10.3. The number of hydrogen-bond donors (Lipinski definition) is 1. The molecule has 0 bridgehead atoms. The SMILES string of the molecule is CC(CCl)C(=O)NCCC(C)c1ccccc1. The lowest BCUT2D eigenvalue weighted by Gasteiger charge is -2.13. The molecule has 0 spiro atoms. The van der Waals surface area contributed by atoms with Gasteiger partial charge in [0.15, 0.2) is 0 Å². The van der Waals surface area contributed by atoms with Crippen LogP contribution >= 0.6 is 11.6 Å². The molecule has 0 aliphatic heterocycles. The van der Waals surface area contributed by atoms with Crippen LogP contribution in [0.4, 0.5) is 0 Å². The van der Waals surface area contributed by atoms with Crippen LogP contribution in [0.15, 0.2) is 30.3 Å². The van der Waals surface area contributed by atoms with Crippen molar-refractivity contribution in [2.45, 2.75) is 26.2 Å². The molecule has 2 unspecified atom stereocenters. The fourth-order valence-electron chi connectivity index (χ4n) is 1.60. The molecule has 3 heteroatoms. The number of hydrogen-bond acceptors (Lipinski definition) is 1. The lowest BCUT2D eigenvalue weighted by atomic mass is 9.98. The van der Waals surface area contributed by atoms with Crippen molar-refractivity contribution in [2.75, 3.05) is 12.4 Å². The average Bonchev–Trinajstić information content (AvgIpc) is 2.38. The van der Waals surface area contributed by atoms with E-state index in [2.05, 4.69) is 24.4 Å². The first-order chi connectivity index (χ1) is 8.15. The zero-order valence-corrected chi connectivity index (χ0v) is 11.2. The molecule has 0 aromatic heterocycles. The number of nitrogens with one attached hydrogen (secondary N) is 1. The van der Waals surface area contributed by atoms with Crippen LogP contribution in [0.5, 0.6) is 0 Å². The largest absolute Gasteiger partial charge is 0.356 e. The molecule has 0 heterocycles. The molecule has 2 atom stereocenters. The van der Waals surface area contributed by atoms with Crippen LogP contribution in [0.25, 0.3) is 0 Å². The van der Waals surface area contributed by atoms with Crippen molar-refractivity contribution in [2.24, 2.45) is 5.92 Å². The topological polar surface area (TPSA) is 29.1 Å². The molecule has 94 valence electrons. The van der Waals surface area contributed by atoms with Gasteiger partial charge in [-0.05, 0) is 17.9 Å². The Hall–Kier alpha value is -1.02. The summed E-state index contributed by atoms with van der Waals surface area (Å²) in [7, 11) is 0. The smallest absolute Gasteiger partial charge is 0.224 e. The molecule has 1 N–H and O–H groups in total. The summed E-state index contributed by atoms with van der Waals surface area (Å²) in [5.41, 5.74) is 1.31. The van der Waals surface area contributed by atoms with Crippen molar-refractivity contribution >= 4 is 17.5 Å². The number of carbonyl (C=O) groups is 1. The molecule has 17 heavy (non-hydrogen) atoms. The third-order valence-electron chi connectivity index (χ3n) is 2.92. The first-order valence-corrected chi connectivity index (χ1v) is 6.57. The summed E-state index contributed by atoms with van der Waals surface area (Å²) in [6.45, 7) is 4.71. The van der Waals surface area contributed by atoms with E-state index in [0.29, 0.717) is 18.3 Å². The summed E-state index contributed by atoms with van der Waals surface area (Å²) in [4.78, 5) is 11.5. The Bertz CT molecular complexity index is 339. The van der Waals surface area contributed by atoms with Crippen LogP contribution in [0, 0.1) is 5.92 Å². The number of rotatable bonds is 6. The molecule has 0 aliphatic rings. The lowest BCUT2D eigenvalue weighted by molar-refractivity contribution is -0.123. The van der Waals surface area contributed by atoms with Crippen LogP contribution in [0.1, 0.15) is 31.7 Å². The highest BCUT2D eigenvalue weighted by molar-refractivity contribution is 6.19. The molecule has 2 nitrogen and oxygen atoms in total. The van der Waals surface area contributed by atoms with Gasteiger partial charge in [0.2, 0.25) is 5.91 Å². The Morgan fingerprint density at radius 3 is 2.53 bits per heavy atom. The second kappa shape index (κ2) is 7.33. The van der Waals surface area contributed by atoms with Crippen molar-refractivity contribution in [1.82, 2.24) is 5.32 Å².